The number of amidine groups is 1. The molecule has 1 amide bonds. The molecule has 1 fully saturated rings. The summed E-state index contributed by atoms with van der Waals surface area (Å²) >= 11 is 1.42. The predicted octanol–water partition coefficient (Wildman–Crippen LogP) is 2.52. The van der Waals surface area contributed by atoms with E-state index in [1.165, 1.54) is 18.2 Å². The minimum Gasteiger partial charge on any atom is -0.272 e. The van der Waals surface area contributed by atoms with Crippen LogP contribution in [0.1, 0.15) is 45.4 Å². The van der Waals surface area contributed by atoms with Crippen LogP contribution in [0.4, 0.5) is 0 Å². The smallest absolute Gasteiger partial charge is 0.251 e. The van der Waals surface area contributed by atoms with Gasteiger partial charge >= 0.3 is 0 Å². The molecule has 16 heavy (non-hydrogen) atoms. The Labute approximate surface area is 100.0 Å². The van der Waals surface area contributed by atoms with E-state index >= 15 is 0 Å². The van der Waals surface area contributed by atoms with Gasteiger partial charge < -0.3 is 0 Å². The maximum absolute atomic E-state index is 11.8. The second-order valence-corrected chi connectivity index (χ2v) is 5.16. The molecule has 1 radical (unpaired) electrons. The van der Waals surface area contributed by atoms with E-state index in [1.807, 2.05) is 6.92 Å². The monoisotopic (exact) mass is 238 g/mol. The average Bonchev–Trinajstić information content (AvgIpc) is 2.78. The van der Waals surface area contributed by atoms with E-state index in [0.29, 0.717) is 5.17 Å². The van der Waals surface area contributed by atoms with Crippen molar-refractivity contribution >= 4 is 27.9 Å². The van der Waals surface area contributed by atoms with Crippen molar-refractivity contribution in [2.75, 3.05) is 0 Å². The highest BCUT2D eigenvalue weighted by molar-refractivity contribution is 8.26. The second-order valence-electron chi connectivity index (χ2n) is 4.12. The Balaban J connectivity index is 1.89. The molecule has 0 saturated heterocycles. The molecule has 0 bridgehead atoms. The van der Waals surface area contributed by atoms with Crippen LogP contribution in [0.25, 0.3) is 0 Å². The molecule has 0 atom stereocenters. The minimum atomic E-state index is -0.00139. The van der Waals surface area contributed by atoms with Gasteiger partial charge in [-0.25, -0.2) is 0 Å². The molecule has 2 rings (SSSR count). The number of carbonyl (C=O) groups is 1. The Hall–Kier alpha value is -0.840. The van der Waals surface area contributed by atoms with Gasteiger partial charge in [0.1, 0.15) is 5.04 Å². The van der Waals surface area contributed by atoms with Crippen LogP contribution < -0.4 is 5.43 Å². The molecule has 0 N–H and O–H groups in total. The topological polar surface area (TPSA) is 55.9 Å². The molecule has 0 unspecified atom stereocenters. The van der Waals surface area contributed by atoms with Crippen molar-refractivity contribution in [3.8, 4) is 0 Å². The fourth-order valence-corrected chi connectivity index (χ4v) is 2.62. The van der Waals surface area contributed by atoms with E-state index in [0.717, 1.165) is 37.1 Å². The number of amides is 1. The number of aliphatic imine (C=N–C) groups is 1. The lowest BCUT2D eigenvalue weighted by atomic mass is 9.89. The molecule has 1 heterocycles. The summed E-state index contributed by atoms with van der Waals surface area (Å²) in [5, 5.41) is 5.42. The molecule has 87 valence electrons. The summed E-state index contributed by atoms with van der Waals surface area (Å²) in [6.07, 6.45) is 6.39. The molecular formula is C11H16N3OS. The molecule has 0 aromatic rings. The second kappa shape index (κ2) is 5.48. The van der Waals surface area contributed by atoms with E-state index in [1.54, 1.807) is 0 Å². The van der Waals surface area contributed by atoms with Gasteiger partial charge in [-0.05, 0) is 31.0 Å². The van der Waals surface area contributed by atoms with Gasteiger partial charge in [-0.3, -0.25) is 4.79 Å². The maximum Gasteiger partial charge on any atom is 0.251 e. The highest BCUT2D eigenvalue weighted by Crippen LogP contribution is 2.25. The quantitative estimate of drug-likeness (QED) is 0.742. The van der Waals surface area contributed by atoms with Crippen LogP contribution in [0.5, 0.6) is 0 Å². The molecule has 0 aromatic carbocycles. The minimum absolute atomic E-state index is 0.00139. The highest BCUT2D eigenvalue weighted by Gasteiger charge is 2.23. The highest BCUT2D eigenvalue weighted by atomic mass is 32.2. The Kier molecular flexibility index (Phi) is 3.98. The van der Waals surface area contributed by atoms with Crippen molar-refractivity contribution < 1.29 is 4.79 Å². The molecular weight excluding hydrogens is 222 g/mol. The Bertz CT molecular complexity index is 332. The Morgan fingerprint density at radius 2 is 2.19 bits per heavy atom. The largest absolute Gasteiger partial charge is 0.272 e. The zero-order chi connectivity index (χ0) is 11.4. The first kappa shape index (κ1) is 11.6. The zero-order valence-corrected chi connectivity index (χ0v) is 10.3. The molecule has 5 heteroatoms. The van der Waals surface area contributed by atoms with Gasteiger partial charge in [-0.1, -0.05) is 26.2 Å². The van der Waals surface area contributed by atoms with Crippen LogP contribution in [0.15, 0.2) is 10.1 Å². The molecule has 4 nitrogen and oxygen atoms in total. The normalized spacial score (nSPS) is 24.3. The standard InChI is InChI=1S/C11H16N3OS/c1-2-9-13-14-11(16-9)12-10(15)8-6-4-3-5-7-8/h8H,2-7H2,1H3. The van der Waals surface area contributed by atoms with Crippen molar-refractivity contribution in [3.05, 3.63) is 0 Å². The third-order valence-electron chi connectivity index (χ3n) is 2.92. The van der Waals surface area contributed by atoms with Crippen molar-refractivity contribution in [2.24, 2.45) is 16.0 Å². The van der Waals surface area contributed by atoms with Gasteiger partial charge in [-0.15, -0.1) is 10.5 Å². The van der Waals surface area contributed by atoms with Gasteiger partial charge in [0.25, 0.3) is 5.91 Å². The maximum atomic E-state index is 11.8. The van der Waals surface area contributed by atoms with E-state index in [9.17, 15) is 4.79 Å². The van der Waals surface area contributed by atoms with Gasteiger partial charge in [0.05, 0.1) is 0 Å². The Morgan fingerprint density at radius 3 is 2.81 bits per heavy atom. The molecule has 1 aliphatic carbocycles. The lowest BCUT2D eigenvalue weighted by Gasteiger charge is -2.17. The number of hydrogen-bond acceptors (Lipinski definition) is 3. The molecule has 0 spiro atoms. The van der Waals surface area contributed by atoms with Crippen LogP contribution in [0.3, 0.4) is 0 Å². The number of hydrogen-bond donors (Lipinski definition) is 0. The number of nitrogens with zero attached hydrogens (tertiary/aromatic N) is 3. The van der Waals surface area contributed by atoms with E-state index in [4.69, 9.17) is 0 Å². The third kappa shape index (κ3) is 2.84. The van der Waals surface area contributed by atoms with E-state index in [-0.39, 0.29) is 11.8 Å². The summed E-state index contributed by atoms with van der Waals surface area (Å²) in [5.41, 5.74) is 3.90. The first-order valence-electron chi connectivity index (χ1n) is 5.87. The van der Waals surface area contributed by atoms with E-state index in [2.05, 4.69) is 15.5 Å². The van der Waals surface area contributed by atoms with E-state index < -0.39 is 0 Å². The van der Waals surface area contributed by atoms with Crippen LogP contribution in [-0.2, 0) is 4.79 Å². The van der Waals surface area contributed by atoms with Crippen molar-refractivity contribution in [1.82, 2.24) is 5.43 Å². The SMILES string of the molecule is CCC1=N[N]C(=NC(=O)C2CCCCC2)S1. The van der Waals surface area contributed by atoms with Crippen LogP contribution in [0, 0.1) is 5.92 Å². The predicted molar refractivity (Wildman–Crippen MR) is 66.5 cm³/mol. The van der Waals surface area contributed by atoms with Gasteiger partial charge in [-0.2, -0.15) is 4.99 Å². The average molecular weight is 238 g/mol. The molecule has 2 aliphatic rings. The summed E-state index contributed by atoms with van der Waals surface area (Å²) in [5.74, 6) is 0.126. The lowest BCUT2D eigenvalue weighted by Crippen LogP contribution is -2.17. The summed E-state index contributed by atoms with van der Waals surface area (Å²) in [6.45, 7) is 2.02. The van der Waals surface area contributed by atoms with Gasteiger partial charge in [0, 0.05) is 5.92 Å². The lowest BCUT2D eigenvalue weighted by molar-refractivity contribution is -0.122. The number of rotatable bonds is 2. The molecule has 0 aromatic heterocycles. The van der Waals surface area contributed by atoms with Crippen LogP contribution in [0.2, 0.25) is 0 Å². The fraction of sp³-hybridized carbons (Fsp3) is 0.727. The summed E-state index contributed by atoms with van der Waals surface area (Å²) in [6, 6.07) is 0. The van der Waals surface area contributed by atoms with Gasteiger partial charge in [0.15, 0.2) is 0 Å². The number of thioether (sulfide) groups is 1. The van der Waals surface area contributed by atoms with Crippen molar-refractivity contribution in [1.29, 1.82) is 0 Å². The Morgan fingerprint density at radius 1 is 1.44 bits per heavy atom. The van der Waals surface area contributed by atoms with Crippen LogP contribution >= 0.6 is 11.8 Å². The van der Waals surface area contributed by atoms with Crippen molar-refractivity contribution in [3.63, 3.8) is 0 Å². The first-order valence-corrected chi connectivity index (χ1v) is 6.69. The van der Waals surface area contributed by atoms with Gasteiger partial charge in [0.2, 0.25) is 5.17 Å². The molecule has 1 saturated carbocycles. The third-order valence-corrected chi connectivity index (χ3v) is 3.88. The summed E-state index contributed by atoms with van der Waals surface area (Å²) in [4.78, 5) is 15.9. The first-order chi connectivity index (χ1) is 7.79. The number of carbonyl (C=O) groups excluding carboxylic acids is 1. The van der Waals surface area contributed by atoms with Crippen molar-refractivity contribution in [2.45, 2.75) is 45.4 Å². The zero-order valence-electron chi connectivity index (χ0n) is 9.48. The fourth-order valence-electron chi connectivity index (χ4n) is 1.97. The molecule has 1 aliphatic heterocycles. The van der Waals surface area contributed by atoms with Crippen LogP contribution in [-0.4, -0.2) is 16.1 Å². The summed E-state index contributed by atoms with van der Waals surface area (Å²) < 4.78 is 0. The summed E-state index contributed by atoms with van der Waals surface area (Å²) in [7, 11) is 0.